The molecule has 5 heteroatoms. The van der Waals surface area contributed by atoms with Gasteiger partial charge in [-0.15, -0.1) is 0 Å². The van der Waals surface area contributed by atoms with Gasteiger partial charge in [0.25, 0.3) is 0 Å². The molecule has 0 spiro atoms. The zero-order valence-corrected chi connectivity index (χ0v) is 13.2. The van der Waals surface area contributed by atoms with Gasteiger partial charge in [0.15, 0.2) is 11.6 Å². The van der Waals surface area contributed by atoms with Crippen LogP contribution in [0.2, 0.25) is 0 Å². The average Bonchev–Trinajstić information content (AvgIpc) is 2.72. The summed E-state index contributed by atoms with van der Waals surface area (Å²) >= 11 is 0. The molecule has 1 saturated heterocycles. The maximum atomic E-state index is 12.7. The van der Waals surface area contributed by atoms with Gasteiger partial charge in [0.2, 0.25) is 0 Å². The topological polar surface area (TPSA) is 73.4 Å². The molecule has 1 fully saturated rings. The highest BCUT2D eigenvalue weighted by Crippen LogP contribution is 2.22. The fraction of sp³-hybridized carbons (Fsp3) is 0.625. The second-order valence-corrected chi connectivity index (χ2v) is 6.01. The lowest BCUT2D eigenvalue weighted by atomic mass is 10.00. The Morgan fingerprint density at radius 1 is 1.38 bits per heavy atom. The summed E-state index contributed by atoms with van der Waals surface area (Å²) in [7, 11) is 0. The number of aromatic nitrogens is 1. The summed E-state index contributed by atoms with van der Waals surface area (Å²) in [6.07, 6.45) is 1.35. The first-order valence-electron chi connectivity index (χ1n) is 7.49. The Morgan fingerprint density at radius 3 is 2.57 bits per heavy atom. The normalized spacial score (nSPS) is 21.3. The van der Waals surface area contributed by atoms with E-state index in [9.17, 15) is 14.7 Å². The van der Waals surface area contributed by atoms with E-state index in [2.05, 4.69) is 4.98 Å². The minimum absolute atomic E-state index is 0.0165. The van der Waals surface area contributed by atoms with Crippen molar-refractivity contribution < 1.29 is 14.7 Å². The van der Waals surface area contributed by atoms with Crippen molar-refractivity contribution in [3.63, 3.8) is 0 Å². The van der Waals surface area contributed by atoms with Crippen LogP contribution in [-0.4, -0.2) is 51.8 Å². The quantitative estimate of drug-likeness (QED) is 0.831. The number of aryl methyl sites for hydroxylation is 1. The van der Waals surface area contributed by atoms with Crippen LogP contribution in [0.1, 0.15) is 58.8 Å². The van der Waals surface area contributed by atoms with E-state index in [-0.39, 0.29) is 23.7 Å². The number of rotatable bonds is 4. The molecule has 0 radical (unpaired) electrons. The van der Waals surface area contributed by atoms with Crippen molar-refractivity contribution in [2.45, 2.75) is 52.7 Å². The molecule has 2 rings (SSSR count). The second kappa shape index (κ2) is 6.12. The molecule has 0 aromatic carbocycles. The SMILES string of the molecule is CC(=O)c1c(C)[nH]c(C(=O)[C@H](C)N2CCC[C@H](O)C2)c1C. The second-order valence-electron chi connectivity index (χ2n) is 6.01. The molecule has 1 aliphatic heterocycles. The average molecular weight is 292 g/mol. The number of β-amino-alcohol motifs (C(OH)–C–C–N with tert-alkyl or cyclic N) is 1. The minimum atomic E-state index is -0.353. The molecular weight excluding hydrogens is 268 g/mol. The van der Waals surface area contributed by atoms with Gasteiger partial charge in [-0.2, -0.15) is 0 Å². The maximum absolute atomic E-state index is 12.7. The summed E-state index contributed by atoms with van der Waals surface area (Å²) in [5.74, 6) is -0.0430. The van der Waals surface area contributed by atoms with Crippen molar-refractivity contribution in [1.29, 1.82) is 0 Å². The maximum Gasteiger partial charge on any atom is 0.196 e. The molecule has 0 aliphatic carbocycles. The summed E-state index contributed by atoms with van der Waals surface area (Å²) in [5.41, 5.74) is 2.61. The molecule has 0 bridgehead atoms. The number of hydrogen-bond donors (Lipinski definition) is 2. The molecule has 1 aromatic rings. The minimum Gasteiger partial charge on any atom is -0.392 e. The van der Waals surface area contributed by atoms with Crippen molar-refractivity contribution >= 4 is 11.6 Å². The van der Waals surface area contributed by atoms with Crippen LogP contribution in [0.5, 0.6) is 0 Å². The fourth-order valence-corrected chi connectivity index (χ4v) is 3.23. The predicted molar refractivity (Wildman–Crippen MR) is 80.9 cm³/mol. The zero-order valence-electron chi connectivity index (χ0n) is 13.2. The lowest BCUT2D eigenvalue weighted by molar-refractivity contribution is 0.0452. The van der Waals surface area contributed by atoms with E-state index in [1.54, 1.807) is 0 Å². The Bertz CT molecular complexity index is 562. The van der Waals surface area contributed by atoms with E-state index < -0.39 is 0 Å². The molecule has 5 nitrogen and oxygen atoms in total. The summed E-state index contributed by atoms with van der Waals surface area (Å²) < 4.78 is 0. The van der Waals surface area contributed by atoms with Crippen molar-refractivity contribution in [3.05, 3.63) is 22.5 Å². The van der Waals surface area contributed by atoms with Crippen LogP contribution < -0.4 is 0 Å². The van der Waals surface area contributed by atoms with Crippen molar-refractivity contribution in [2.75, 3.05) is 13.1 Å². The van der Waals surface area contributed by atoms with Crippen LogP contribution in [-0.2, 0) is 0 Å². The van der Waals surface area contributed by atoms with Gasteiger partial charge >= 0.3 is 0 Å². The molecule has 0 unspecified atom stereocenters. The lowest BCUT2D eigenvalue weighted by Gasteiger charge is -2.33. The number of carbonyl (C=O) groups is 2. The first-order valence-corrected chi connectivity index (χ1v) is 7.49. The molecule has 1 aromatic heterocycles. The third-order valence-corrected chi connectivity index (χ3v) is 4.39. The van der Waals surface area contributed by atoms with Crippen molar-refractivity contribution in [1.82, 2.24) is 9.88 Å². The fourth-order valence-electron chi connectivity index (χ4n) is 3.23. The predicted octanol–water partition coefficient (Wildman–Crippen LogP) is 1.86. The first-order chi connectivity index (χ1) is 9.82. The number of aliphatic hydroxyl groups excluding tert-OH is 1. The third-order valence-electron chi connectivity index (χ3n) is 4.39. The van der Waals surface area contributed by atoms with E-state index >= 15 is 0 Å². The van der Waals surface area contributed by atoms with E-state index in [1.165, 1.54) is 6.92 Å². The molecule has 21 heavy (non-hydrogen) atoms. The van der Waals surface area contributed by atoms with Gasteiger partial charge in [0, 0.05) is 17.8 Å². The molecule has 1 aliphatic rings. The molecular formula is C16H24N2O3. The third kappa shape index (κ3) is 3.09. The number of H-pyrrole nitrogens is 1. The van der Waals surface area contributed by atoms with Gasteiger partial charge in [-0.1, -0.05) is 0 Å². The number of piperidine rings is 1. The van der Waals surface area contributed by atoms with Gasteiger partial charge in [-0.3, -0.25) is 14.5 Å². The Balaban J connectivity index is 2.23. The zero-order chi connectivity index (χ0) is 15.7. The van der Waals surface area contributed by atoms with Crippen LogP contribution in [0.3, 0.4) is 0 Å². The van der Waals surface area contributed by atoms with Gasteiger partial charge in [0.1, 0.15) is 0 Å². The van der Waals surface area contributed by atoms with Crippen LogP contribution in [0, 0.1) is 13.8 Å². The summed E-state index contributed by atoms with van der Waals surface area (Å²) in [6, 6.07) is -0.295. The van der Waals surface area contributed by atoms with Crippen LogP contribution in [0.4, 0.5) is 0 Å². The number of ketones is 2. The highest BCUT2D eigenvalue weighted by atomic mass is 16.3. The van der Waals surface area contributed by atoms with Gasteiger partial charge in [-0.05, 0) is 52.6 Å². The molecule has 0 saturated carbocycles. The van der Waals surface area contributed by atoms with Gasteiger partial charge in [0.05, 0.1) is 17.8 Å². The molecule has 0 amide bonds. The number of nitrogens with zero attached hydrogens (tertiary/aromatic N) is 1. The van der Waals surface area contributed by atoms with Gasteiger partial charge in [-0.25, -0.2) is 0 Å². The molecule has 2 heterocycles. The van der Waals surface area contributed by atoms with E-state index in [0.29, 0.717) is 17.8 Å². The molecule has 2 N–H and O–H groups in total. The number of hydrogen-bond acceptors (Lipinski definition) is 4. The van der Waals surface area contributed by atoms with Crippen LogP contribution >= 0.6 is 0 Å². The number of nitrogens with one attached hydrogen (secondary N) is 1. The summed E-state index contributed by atoms with van der Waals surface area (Å²) in [5, 5.41) is 9.75. The molecule has 116 valence electrons. The van der Waals surface area contributed by atoms with E-state index in [1.807, 2.05) is 25.7 Å². The largest absolute Gasteiger partial charge is 0.392 e. The highest BCUT2D eigenvalue weighted by molar-refractivity contribution is 6.05. The number of likely N-dealkylation sites (tertiary alicyclic amines) is 1. The Morgan fingerprint density at radius 2 is 2.05 bits per heavy atom. The Hall–Kier alpha value is -1.46. The smallest absolute Gasteiger partial charge is 0.196 e. The monoisotopic (exact) mass is 292 g/mol. The first kappa shape index (κ1) is 15.9. The van der Waals surface area contributed by atoms with E-state index in [0.717, 1.165) is 30.6 Å². The van der Waals surface area contributed by atoms with E-state index in [4.69, 9.17) is 0 Å². The van der Waals surface area contributed by atoms with Crippen LogP contribution in [0.25, 0.3) is 0 Å². The standard InChI is InChI=1S/C16H24N2O3/c1-9-14(12(4)19)10(2)17-15(9)16(21)11(3)18-7-5-6-13(20)8-18/h11,13,17,20H,5-8H2,1-4H3/t11-,13-/m0/s1. The van der Waals surface area contributed by atoms with Crippen molar-refractivity contribution in [3.8, 4) is 0 Å². The lowest BCUT2D eigenvalue weighted by Crippen LogP contribution is -2.47. The number of aromatic amines is 1. The Labute approximate surface area is 125 Å². The number of aliphatic hydroxyl groups is 1. The summed E-state index contributed by atoms with van der Waals surface area (Å²) in [4.78, 5) is 29.4. The summed E-state index contributed by atoms with van der Waals surface area (Å²) in [6.45, 7) is 8.36. The van der Waals surface area contributed by atoms with Crippen molar-refractivity contribution in [2.24, 2.45) is 0 Å². The highest BCUT2D eigenvalue weighted by Gasteiger charge is 2.30. The molecule has 2 atom stereocenters. The Kier molecular flexibility index (Phi) is 4.64. The number of Topliss-reactive ketones (excluding diaryl/α,β-unsaturated/α-hetero) is 2. The van der Waals surface area contributed by atoms with Gasteiger partial charge < -0.3 is 10.1 Å². The number of carbonyl (C=O) groups excluding carboxylic acids is 2. The van der Waals surface area contributed by atoms with Crippen LogP contribution in [0.15, 0.2) is 0 Å².